The third-order valence-corrected chi connectivity index (χ3v) is 6.25. The van der Waals surface area contributed by atoms with E-state index >= 15 is 0 Å². The smallest absolute Gasteiger partial charge is 0.266 e. The van der Waals surface area contributed by atoms with E-state index in [4.69, 9.17) is 9.47 Å². The molecule has 7 nitrogen and oxygen atoms in total. The van der Waals surface area contributed by atoms with Crippen molar-refractivity contribution in [1.29, 1.82) is 0 Å². The highest BCUT2D eigenvalue weighted by Gasteiger charge is 2.21. The summed E-state index contributed by atoms with van der Waals surface area (Å²) in [6.45, 7) is 7.53. The molecule has 0 radical (unpaired) electrons. The van der Waals surface area contributed by atoms with Gasteiger partial charge in [0.2, 0.25) is 5.88 Å². The van der Waals surface area contributed by atoms with Crippen molar-refractivity contribution in [2.24, 2.45) is 5.92 Å². The van der Waals surface area contributed by atoms with Gasteiger partial charge in [0.15, 0.2) is 5.82 Å². The average Bonchev–Trinajstić information content (AvgIpc) is 3.28. The van der Waals surface area contributed by atoms with E-state index in [1.807, 2.05) is 19.1 Å². The third kappa shape index (κ3) is 4.13. The van der Waals surface area contributed by atoms with Crippen molar-refractivity contribution < 1.29 is 14.3 Å². The van der Waals surface area contributed by atoms with E-state index in [0.29, 0.717) is 27.3 Å². The summed E-state index contributed by atoms with van der Waals surface area (Å²) < 4.78 is 12.8. The number of fused-ring (bicyclic) bond motifs is 2. The molecule has 8 heteroatoms. The Labute approximate surface area is 185 Å². The lowest BCUT2D eigenvalue weighted by Gasteiger charge is -2.09. The molecule has 0 fully saturated rings. The van der Waals surface area contributed by atoms with Gasteiger partial charge in [0, 0.05) is 36.4 Å². The fraction of sp³-hybridized carbons (Fsp3) is 0.348. The molecule has 0 atom stereocenters. The minimum atomic E-state index is -0.170. The molecular formula is C23H26N4O3S. The first-order chi connectivity index (χ1) is 14.9. The number of anilines is 1. The molecule has 0 aliphatic rings. The van der Waals surface area contributed by atoms with Crippen molar-refractivity contribution in [1.82, 2.24) is 14.5 Å². The van der Waals surface area contributed by atoms with Crippen LogP contribution in [0.3, 0.4) is 0 Å². The van der Waals surface area contributed by atoms with E-state index in [1.165, 1.54) is 11.3 Å². The van der Waals surface area contributed by atoms with Crippen LogP contribution in [-0.2, 0) is 17.9 Å². The Hall–Kier alpha value is -2.97. The molecule has 1 aromatic carbocycles. The first-order valence-corrected chi connectivity index (χ1v) is 11.0. The minimum Gasteiger partial charge on any atom is -0.480 e. The van der Waals surface area contributed by atoms with Gasteiger partial charge in [-0.2, -0.15) is 4.98 Å². The number of nitrogens with one attached hydrogen (secondary N) is 1. The van der Waals surface area contributed by atoms with Crippen molar-refractivity contribution in [3.05, 3.63) is 46.7 Å². The van der Waals surface area contributed by atoms with Gasteiger partial charge in [-0.05, 0) is 42.7 Å². The lowest BCUT2D eigenvalue weighted by molar-refractivity contribution is 0.103. The number of ether oxygens (including phenoxy) is 2. The molecule has 3 aromatic heterocycles. The monoisotopic (exact) mass is 438 g/mol. The van der Waals surface area contributed by atoms with E-state index in [1.54, 1.807) is 14.2 Å². The predicted molar refractivity (Wildman–Crippen MR) is 124 cm³/mol. The van der Waals surface area contributed by atoms with E-state index < -0.39 is 0 Å². The number of nitrogens with zero attached hydrogens (tertiary/aromatic N) is 3. The molecule has 0 bridgehead atoms. The van der Waals surface area contributed by atoms with Gasteiger partial charge in [-0.3, -0.25) is 4.79 Å². The molecule has 31 heavy (non-hydrogen) atoms. The van der Waals surface area contributed by atoms with E-state index in [0.717, 1.165) is 34.1 Å². The van der Waals surface area contributed by atoms with Crippen LogP contribution in [0.15, 0.2) is 30.5 Å². The van der Waals surface area contributed by atoms with Gasteiger partial charge in [-0.15, -0.1) is 11.3 Å². The van der Waals surface area contributed by atoms with Crippen molar-refractivity contribution in [3.8, 4) is 5.88 Å². The van der Waals surface area contributed by atoms with Crippen LogP contribution < -0.4 is 10.1 Å². The second-order valence-corrected chi connectivity index (χ2v) is 8.91. The van der Waals surface area contributed by atoms with Gasteiger partial charge in [-0.1, -0.05) is 13.8 Å². The Morgan fingerprint density at radius 3 is 2.74 bits per heavy atom. The van der Waals surface area contributed by atoms with Crippen LogP contribution >= 0.6 is 11.3 Å². The summed E-state index contributed by atoms with van der Waals surface area (Å²) in [5.74, 6) is 1.38. The molecule has 0 aliphatic carbocycles. The number of methoxy groups -OCH3 is 2. The summed E-state index contributed by atoms with van der Waals surface area (Å²) in [6.07, 6.45) is 2.09. The Morgan fingerprint density at radius 2 is 2.03 bits per heavy atom. The van der Waals surface area contributed by atoms with Crippen LogP contribution in [0, 0.1) is 12.8 Å². The summed E-state index contributed by atoms with van der Waals surface area (Å²) >= 11 is 1.33. The lowest BCUT2D eigenvalue weighted by Crippen LogP contribution is -2.11. The molecule has 1 N–H and O–H groups in total. The van der Waals surface area contributed by atoms with Crippen LogP contribution in [0.2, 0.25) is 0 Å². The van der Waals surface area contributed by atoms with Crippen LogP contribution in [0.5, 0.6) is 5.88 Å². The third-order valence-electron chi connectivity index (χ3n) is 5.07. The average molecular weight is 439 g/mol. The first-order valence-electron chi connectivity index (χ1n) is 10.1. The van der Waals surface area contributed by atoms with Crippen LogP contribution in [0.25, 0.3) is 21.1 Å². The Kier molecular flexibility index (Phi) is 5.93. The Balaban J connectivity index is 1.64. The molecule has 0 unspecified atom stereocenters. The van der Waals surface area contributed by atoms with Crippen molar-refractivity contribution >= 4 is 44.1 Å². The number of carbonyl (C=O) groups excluding carboxylic acids is 1. The standard InChI is InChI=1S/C23H26N4O3S/c1-13(2)11-27-9-8-15-10-16(6-7-17(15)27)24-21(28)20-14(3)19-22(30-5)25-18(12-29-4)26-23(19)31-20/h6-10,13H,11-12H2,1-5H3,(H,24,28). The van der Waals surface area contributed by atoms with Gasteiger partial charge in [-0.25, -0.2) is 4.98 Å². The second kappa shape index (κ2) is 8.64. The highest BCUT2D eigenvalue weighted by Crippen LogP contribution is 2.35. The van der Waals surface area contributed by atoms with Gasteiger partial charge in [0.05, 0.1) is 17.4 Å². The van der Waals surface area contributed by atoms with Crippen LogP contribution in [0.4, 0.5) is 5.69 Å². The van der Waals surface area contributed by atoms with Gasteiger partial charge in [0.1, 0.15) is 11.4 Å². The lowest BCUT2D eigenvalue weighted by atomic mass is 10.2. The molecule has 0 saturated heterocycles. The molecular weight excluding hydrogens is 412 g/mol. The largest absolute Gasteiger partial charge is 0.480 e. The molecule has 0 saturated carbocycles. The zero-order valence-electron chi connectivity index (χ0n) is 18.4. The summed E-state index contributed by atoms with van der Waals surface area (Å²) in [5.41, 5.74) is 2.73. The number of rotatable bonds is 7. The molecule has 0 spiro atoms. The fourth-order valence-electron chi connectivity index (χ4n) is 3.72. The highest BCUT2D eigenvalue weighted by molar-refractivity contribution is 7.20. The maximum atomic E-state index is 13.1. The number of thiophene rings is 1. The number of carbonyl (C=O) groups is 1. The quantitative estimate of drug-likeness (QED) is 0.438. The number of benzene rings is 1. The number of amides is 1. The maximum Gasteiger partial charge on any atom is 0.266 e. The first kappa shape index (κ1) is 21.3. The number of hydrogen-bond acceptors (Lipinski definition) is 6. The van der Waals surface area contributed by atoms with Gasteiger partial charge in [0.25, 0.3) is 5.91 Å². The van der Waals surface area contributed by atoms with Gasteiger partial charge >= 0.3 is 0 Å². The van der Waals surface area contributed by atoms with Gasteiger partial charge < -0.3 is 19.4 Å². The predicted octanol–water partition coefficient (Wildman–Crippen LogP) is 5.02. The van der Waals surface area contributed by atoms with Crippen molar-refractivity contribution in [2.45, 2.75) is 33.9 Å². The Bertz CT molecular complexity index is 1260. The molecule has 162 valence electrons. The zero-order chi connectivity index (χ0) is 22.1. The summed E-state index contributed by atoms with van der Waals surface area (Å²) in [7, 11) is 3.16. The highest BCUT2D eigenvalue weighted by atomic mass is 32.1. The Morgan fingerprint density at radius 1 is 1.23 bits per heavy atom. The van der Waals surface area contributed by atoms with E-state index in [9.17, 15) is 4.79 Å². The normalized spacial score (nSPS) is 11.5. The zero-order valence-corrected chi connectivity index (χ0v) is 19.2. The number of aromatic nitrogens is 3. The van der Waals surface area contributed by atoms with Crippen LogP contribution in [0.1, 0.15) is 34.9 Å². The summed E-state index contributed by atoms with van der Waals surface area (Å²) in [4.78, 5) is 23.3. The second-order valence-electron chi connectivity index (χ2n) is 7.91. The van der Waals surface area contributed by atoms with E-state index in [2.05, 4.69) is 52.0 Å². The molecule has 3 heterocycles. The number of hydrogen-bond donors (Lipinski definition) is 1. The summed E-state index contributed by atoms with van der Waals surface area (Å²) in [5, 5.41) is 4.89. The topological polar surface area (TPSA) is 78.3 Å². The molecule has 1 amide bonds. The van der Waals surface area contributed by atoms with Crippen molar-refractivity contribution in [2.75, 3.05) is 19.5 Å². The van der Waals surface area contributed by atoms with Crippen LogP contribution in [-0.4, -0.2) is 34.7 Å². The minimum absolute atomic E-state index is 0.170. The fourth-order valence-corrected chi connectivity index (χ4v) is 4.81. The number of aryl methyl sites for hydroxylation is 1. The molecule has 0 aliphatic heterocycles. The summed E-state index contributed by atoms with van der Waals surface area (Å²) in [6, 6.07) is 8.08. The maximum absolute atomic E-state index is 13.1. The van der Waals surface area contributed by atoms with Crippen molar-refractivity contribution in [3.63, 3.8) is 0 Å². The molecule has 4 aromatic rings. The van der Waals surface area contributed by atoms with E-state index in [-0.39, 0.29) is 12.5 Å². The SMILES string of the molecule is COCc1nc(OC)c2c(C)c(C(=O)Nc3ccc4c(ccn4CC(C)C)c3)sc2n1. The molecule has 4 rings (SSSR count).